The quantitative estimate of drug-likeness (QED) is 0.511. The zero-order chi connectivity index (χ0) is 17.0. The van der Waals surface area contributed by atoms with E-state index in [4.69, 9.17) is 21.5 Å². The standard InChI is InChI=1S/C16H22ClN3O3/c1-16(2,3)23-15(21)20-10-8-19(9-11-20)13-6-4-12(5-7-13)14(17)18-22/h4-7,22H,8-11H2,1-3H3/b18-14-. The summed E-state index contributed by atoms with van der Waals surface area (Å²) in [6, 6.07) is 7.45. The van der Waals surface area contributed by atoms with Crippen molar-refractivity contribution in [1.82, 2.24) is 4.90 Å². The predicted octanol–water partition coefficient (Wildman–Crippen LogP) is 3.12. The van der Waals surface area contributed by atoms with Crippen molar-refractivity contribution >= 4 is 28.6 Å². The lowest BCUT2D eigenvalue weighted by Crippen LogP contribution is -2.50. The summed E-state index contributed by atoms with van der Waals surface area (Å²) in [5.74, 6) is 0. The average Bonchev–Trinajstić information content (AvgIpc) is 2.53. The molecule has 1 aromatic carbocycles. The summed E-state index contributed by atoms with van der Waals surface area (Å²) < 4.78 is 5.39. The number of nitrogens with zero attached hydrogens (tertiary/aromatic N) is 3. The number of benzene rings is 1. The first-order valence-corrected chi connectivity index (χ1v) is 7.89. The highest BCUT2D eigenvalue weighted by Crippen LogP contribution is 2.19. The topological polar surface area (TPSA) is 65.4 Å². The number of anilines is 1. The number of carbonyl (C=O) groups excluding carboxylic acids is 1. The van der Waals surface area contributed by atoms with Gasteiger partial charge in [0.25, 0.3) is 0 Å². The number of carbonyl (C=O) groups is 1. The van der Waals surface area contributed by atoms with Gasteiger partial charge in [-0.1, -0.05) is 16.8 Å². The minimum absolute atomic E-state index is 0.0614. The van der Waals surface area contributed by atoms with Crippen LogP contribution in [0.1, 0.15) is 26.3 Å². The van der Waals surface area contributed by atoms with Crippen LogP contribution < -0.4 is 4.90 Å². The summed E-state index contributed by atoms with van der Waals surface area (Å²) >= 11 is 5.76. The molecule has 6 nitrogen and oxygen atoms in total. The molecule has 0 spiro atoms. The van der Waals surface area contributed by atoms with Gasteiger partial charge in [-0.15, -0.1) is 0 Å². The van der Waals surface area contributed by atoms with E-state index in [9.17, 15) is 4.79 Å². The molecule has 0 bridgehead atoms. The third-order valence-corrected chi connectivity index (χ3v) is 3.78. The number of piperazine rings is 1. The second-order valence-corrected chi connectivity index (χ2v) is 6.75. The van der Waals surface area contributed by atoms with Crippen LogP contribution in [0.2, 0.25) is 0 Å². The molecular weight excluding hydrogens is 318 g/mol. The number of ether oxygens (including phenoxy) is 1. The summed E-state index contributed by atoms with van der Waals surface area (Å²) in [5, 5.41) is 11.7. The monoisotopic (exact) mass is 339 g/mol. The Hall–Kier alpha value is -1.95. The van der Waals surface area contributed by atoms with E-state index < -0.39 is 5.60 Å². The molecule has 1 aromatic rings. The van der Waals surface area contributed by atoms with Crippen molar-refractivity contribution in [2.24, 2.45) is 5.16 Å². The van der Waals surface area contributed by atoms with Crippen LogP contribution in [-0.2, 0) is 4.74 Å². The van der Waals surface area contributed by atoms with Crippen molar-refractivity contribution in [3.8, 4) is 0 Å². The SMILES string of the molecule is CC(C)(C)OC(=O)N1CCN(c2ccc(/C(Cl)=N/O)cc2)CC1. The summed E-state index contributed by atoms with van der Waals surface area (Å²) in [4.78, 5) is 16.0. The largest absolute Gasteiger partial charge is 0.444 e. The average molecular weight is 340 g/mol. The molecule has 1 amide bonds. The third-order valence-electron chi connectivity index (χ3n) is 3.49. The molecule has 0 saturated carbocycles. The van der Waals surface area contributed by atoms with E-state index in [0.717, 1.165) is 18.8 Å². The zero-order valence-corrected chi connectivity index (χ0v) is 14.4. The lowest BCUT2D eigenvalue weighted by Gasteiger charge is -2.36. The highest BCUT2D eigenvalue weighted by atomic mass is 35.5. The van der Waals surface area contributed by atoms with Gasteiger partial charge in [-0.2, -0.15) is 0 Å². The van der Waals surface area contributed by atoms with Crippen LogP contribution in [0.15, 0.2) is 29.4 Å². The van der Waals surface area contributed by atoms with Gasteiger partial charge in [0, 0.05) is 37.4 Å². The Morgan fingerprint density at radius 1 is 1.17 bits per heavy atom. The molecular formula is C16H22ClN3O3. The summed E-state index contributed by atoms with van der Waals surface area (Å²) in [6.07, 6.45) is -0.265. The number of hydrogen-bond donors (Lipinski definition) is 1. The number of amides is 1. The van der Waals surface area contributed by atoms with Gasteiger partial charge in [-0.25, -0.2) is 4.79 Å². The lowest BCUT2D eigenvalue weighted by molar-refractivity contribution is 0.0240. The van der Waals surface area contributed by atoms with Crippen LogP contribution in [0.3, 0.4) is 0 Å². The molecule has 0 atom stereocenters. The maximum atomic E-state index is 12.0. The first-order chi connectivity index (χ1) is 10.8. The molecule has 1 heterocycles. The second-order valence-electron chi connectivity index (χ2n) is 6.39. The Morgan fingerprint density at radius 3 is 2.22 bits per heavy atom. The van der Waals surface area contributed by atoms with E-state index in [2.05, 4.69) is 10.1 Å². The number of rotatable bonds is 2. The summed E-state index contributed by atoms with van der Waals surface area (Å²) in [6.45, 7) is 8.31. The van der Waals surface area contributed by atoms with Crippen molar-refractivity contribution in [2.75, 3.05) is 31.1 Å². The Kier molecular flexibility index (Phi) is 5.36. The molecule has 0 radical (unpaired) electrons. The molecule has 0 aliphatic carbocycles. The van der Waals surface area contributed by atoms with E-state index in [1.165, 1.54) is 0 Å². The van der Waals surface area contributed by atoms with E-state index in [0.29, 0.717) is 18.7 Å². The number of halogens is 1. The smallest absolute Gasteiger partial charge is 0.410 e. The van der Waals surface area contributed by atoms with Gasteiger partial charge in [-0.05, 0) is 45.0 Å². The van der Waals surface area contributed by atoms with Crippen molar-refractivity contribution in [1.29, 1.82) is 0 Å². The van der Waals surface area contributed by atoms with Crippen LogP contribution in [0.5, 0.6) is 0 Å². The highest BCUT2D eigenvalue weighted by molar-refractivity contribution is 6.69. The van der Waals surface area contributed by atoms with Crippen LogP contribution in [-0.4, -0.2) is 53.2 Å². The molecule has 1 N–H and O–H groups in total. The molecule has 1 fully saturated rings. The fourth-order valence-electron chi connectivity index (χ4n) is 2.34. The van der Waals surface area contributed by atoms with Gasteiger partial charge >= 0.3 is 6.09 Å². The van der Waals surface area contributed by atoms with Crippen molar-refractivity contribution in [2.45, 2.75) is 26.4 Å². The van der Waals surface area contributed by atoms with E-state index in [1.807, 2.05) is 32.9 Å². The molecule has 126 valence electrons. The molecule has 23 heavy (non-hydrogen) atoms. The molecule has 7 heteroatoms. The third kappa shape index (κ3) is 4.76. The van der Waals surface area contributed by atoms with Gasteiger partial charge in [0.15, 0.2) is 5.17 Å². The minimum Gasteiger partial charge on any atom is -0.444 e. The number of hydrogen-bond acceptors (Lipinski definition) is 5. The second kappa shape index (κ2) is 7.08. The normalized spacial score (nSPS) is 16.4. The van der Waals surface area contributed by atoms with Crippen LogP contribution in [0.4, 0.5) is 10.5 Å². The Labute approximate surface area is 141 Å². The summed E-state index contributed by atoms with van der Waals surface area (Å²) in [5.41, 5.74) is 1.22. The van der Waals surface area contributed by atoms with Crippen molar-refractivity contribution in [3.05, 3.63) is 29.8 Å². The zero-order valence-electron chi connectivity index (χ0n) is 13.6. The van der Waals surface area contributed by atoms with Gasteiger partial charge in [0.05, 0.1) is 0 Å². The van der Waals surface area contributed by atoms with Gasteiger partial charge in [0.2, 0.25) is 0 Å². The van der Waals surface area contributed by atoms with Crippen molar-refractivity contribution in [3.63, 3.8) is 0 Å². The van der Waals surface area contributed by atoms with Crippen LogP contribution in [0, 0.1) is 0 Å². The van der Waals surface area contributed by atoms with Gasteiger partial charge < -0.3 is 19.7 Å². The van der Waals surface area contributed by atoms with E-state index in [-0.39, 0.29) is 11.3 Å². The highest BCUT2D eigenvalue weighted by Gasteiger charge is 2.25. The van der Waals surface area contributed by atoms with E-state index >= 15 is 0 Å². The predicted molar refractivity (Wildman–Crippen MR) is 90.6 cm³/mol. The Balaban J connectivity index is 1.93. The first-order valence-electron chi connectivity index (χ1n) is 7.51. The Bertz CT molecular complexity index is 573. The molecule has 0 unspecified atom stereocenters. The molecule has 1 saturated heterocycles. The maximum absolute atomic E-state index is 12.0. The first kappa shape index (κ1) is 17.4. The molecule has 1 aliphatic rings. The van der Waals surface area contributed by atoms with Crippen molar-refractivity contribution < 1.29 is 14.7 Å². The van der Waals surface area contributed by atoms with Gasteiger partial charge in [0.1, 0.15) is 5.60 Å². The molecule has 1 aliphatic heterocycles. The van der Waals surface area contributed by atoms with Crippen LogP contribution >= 0.6 is 11.6 Å². The van der Waals surface area contributed by atoms with E-state index in [1.54, 1.807) is 17.0 Å². The molecule has 0 aromatic heterocycles. The Morgan fingerprint density at radius 2 is 1.74 bits per heavy atom. The lowest BCUT2D eigenvalue weighted by atomic mass is 10.2. The van der Waals surface area contributed by atoms with Crippen LogP contribution in [0.25, 0.3) is 0 Å². The maximum Gasteiger partial charge on any atom is 0.410 e. The fraction of sp³-hybridized carbons (Fsp3) is 0.500. The summed E-state index contributed by atoms with van der Waals surface area (Å²) in [7, 11) is 0. The number of oxime groups is 1. The minimum atomic E-state index is -0.475. The fourth-order valence-corrected chi connectivity index (χ4v) is 2.47. The molecule has 2 rings (SSSR count). The van der Waals surface area contributed by atoms with Gasteiger partial charge in [-0.3, -0.25) is 0 Å².